The van der Waals surface area contributed by atoms with Crippen LogP contribution < -0.4 is 19.1 Å². The standard InChI is InChI=1S/C30H31NO6/c1-6-36-23-11-8-10-22(17-23)31-27(20-9-7-12-24(16-20)37-18(2)3)26(29(33)30(31)34)28(32)21-13-14-25(35-5)19(4)15-21/h7-18,27,32H,6H2,1-5H3/b28-26+. The van der Waals surface area contributed by atoms with Crippen LogP contribution in [0.25, 0.3) is 5.76 Å². The average molecular weight is 502 g/mol. The molecule has 7 nitrogen and oxygen atoms in total. The molecule has 1 saturated heterocycles. The molecule has 1 N–H and O–H groups in total. The van der Waals surface area contributed by atoms with Gasteiger partial charge in [-0.1, -0.05) is 18.2 Å². The van der Waals surface area contributed by atoms with Crippen molar-refractivity contribution < 1.29 is 28.9 Å². The number of hydrogen-bond acceptors (Lipinski definition) is 6. The van der Waals surface area contributed by atoms with E-state index in [9.17, 15) is 14.7 Å². The fourth-order valence-corrected chi connectivity index (χ4v) is 4.52. The molecule has 1 unspecified atom stereocenters. The fraction of sp³-hybridized carbons (Fsp3) is 0.267. The summed E-state index contributed by atoms with van der Waals surface area (Å²) in [6.07, 6.45) is -0.0632. The summed E-state index contributed by atoms with van der Waals surface area (Å²) in [7, 11) is 1.57. The highest BCUT2D eigenvalue weighted by Crippen LogP contribution is 2.43. The lowest BCUT2D eigenvalue weighted by atomic mass is 9.94. The van der Waals surface area contributed by atoms with Crippen LogP contribution in [0.15, 0.2) is 72.3 Å². The molecule has 0 aliphatic carbocycles. The summed E-state index contributed by atoms with van der Waals surface area (Å²) in [5.74, 6) is 0.0610. The molecule has 1 amide bonds. The predicted molar refractivity (Wildman–Crippen MR) is 142 cm³/mol. The van der Waals surface area contributed by atoms with Gasteiger partial charge in [-0.3, -0.25) is 14.5 Å². The van der Waals surface area contributed by atoms with Crippen LogP contribution in [-0.2, 0) is 9.59 Å². The predicted octanol–water partition coefficient (Wildman–Crippen LogP) is 5.82. The largest absolute Gasteiger partial charge is 0.507 e. The number of amides is 1. The molecule has 3 aromatic rings. The van der Waals surface area contributed by atoms with Crippen LogP contribution in [-0.4, -0.2) is 36.6 Å². The number of aliphatic hydroxyl groups is 1. The Balaban J connectivity index is 1.93. The Bertz CT molecular complexity index is 1360. The molecule has 1 atom stereocenters. The Morgan fingerprint density at radius 1 is 1.00 bits per heavy atom. The second-order valence-electron chi connectivity index (χ2n) is 9.02. The number of hydrogen-bond donors (Lipinski definition) is 1. The second kappa shape index (κ2) is 10.8. The smallest absolute Gasteiger partial charge is 0.300 e. The quantitative estimate of drug-likeness (QED) is 0.238. The summed E-state index contributed by atoms with van der Waals surface area (Å²) in [6.45, 7) is 8.01. The van der Waals surface area contributed by atoms with E-state index in [1.807, 2.05) is 39.8 Å². The number of carbonyl (C=O) groups excluding carboxylic acids is 2. The number of aryl methyl sites for hydroxylation is 1. The van der Waals surface area contributed by atoms with Gasteiger partial charge in [0.15, 0.2) is 0 Å². The lowest BCUT2D eigenvalue weighted by Crippen LogP contribution is -2.29. The monoisotopic (exact) mass is 501 g/mol. The number of methoxy groups -OCH3 is 1. The van der Waals surface area contributed by atoms with Gasteiger partial charge in [0.25, 0.3) is 11.7 Å². The number of benzene rings is 3. The molecule has 1 aliphatic rings. The van der Waals surface area contributed by atoms with Crippen LogP contribution in [0.3, 0.4) is 0 Å². The number of Topliss-reactive ketones (excluding diaryl/α,β-unsaturated/α-hetero) is 1. The summed E-state index contributed by atoms with van der Waals surface area (Å²) in [4.78, 5) is 28.4. The lowest BCUT2D eigenvalue weighted by Gasteiger charge is -2.26. The van der Waals surface area contributed by atoms with Gasteiger partial charge in [0.1, 0.15) is 23.0 Å². The SMILES string of the molecule is CCOc1cccc(N2C(=O)C(=O)/C(=C(/O)c3ccc(OC)c(C)c3)C2c2cccc(OC(C)C)c2)c1. The first-order valence-corrected chi connectivity index (χ1v) is 12.2. The molecule has 0 radical (unpaired) electrons. The van der Waals surface area contributed by atoms with Crippen LogP contribution in [0.2, 0.25) is 0 Å². The van der Waals surface area contributed by atoms with E-state index >= 15 is 0 Å². The number of ketones is 1. The van der Waals surface area contributed by atoms with Crippen LogP contribution >= 0.6 is 0 Å². The lowest BCUT2D eigenvalue weighted by molar-refractivity contribution is -0.132. The molecule has 1 fully saturated rings. The van der Waals surface area contributed by atoms with Crippen molar-refractivity contribution in [3.8, 4) is 17.2 Å². The van der Waals surface area contributed by atoms with Crippen LogP contribution in [0.1, 0.15) is 43.5 Å². The number of carbonyl (C=O) groups is 2. The molecular formula is C30H31NO6. The third-order valence-electron chi connectivity index (χ3n) is 6.07. The van der Waals surface area contributed by atoms with Crippen molar-refractivity contribution >= 4 is 23.1 Å². The number of rotatable bonds is 8. The molecule has 1 heterocycles. The maximum absolute atomic E-state index is 13.5. The Labute approximate surface area is 216 Å². The Morgan fingerprint density at radius 3 is 2.41 bits per heavy atom. The molecule has 0 bridgehead atoms. The van der Waals surface area contributed by atoms with Crippen molar-refractivity contribution in [3.05, 3.63) is 89.0 Å². The van der Waals surface area contributed by atoms with E-state index in [0.717, 1.165) is 5.56 Å². The number of ether oxygens (including phenoxy) is 3. The normalized spacial score (nSPS) is 16.8. The Kier molecular flexibility index (Phi) is 7.53. The molecule has 192 valence electrons. The summed E-state index contributed by atoms with van der Waals surface area (Å²) in [5.41, 5.74) is 2.32. The van der Waals surface area contributed by atoms with E-state index in [1.54, 1.807) is 61.7 Å². The van der Waals surface area contributed by atoms with E-state index in [-0.39, 0.29) is 17.4 Å². The van der Waals surface area contributed by atoms with Crippen LogP contribution in [0.4, 0.5) is 5.69 Å². The van der Waals surface area contributed by atoms with Gasteiger partial charge < -0.3 is 19.3 Å². The van der Waals surface area contributed by atoms with Gasteiger partial charge in [-0.15, -0.1) is 0 Å². The highest BCUT2D eigenvalue weighted by molar-refractivity contribution is 6.51. The summed E-state index contributed by atoms with van der Waals surface area (Å²) >= 11 is 0. The molecule has 0 saturated carbocycles. The minimum absolute atomic E-state index is 0.00178. The second-order valence-corrected chi connectivity index (χ2v) is 9.02. The highest BCUT2D eigenvalue weighted by atomic mass is 16.5. The van der Waals surface area contributed by atoms with Gasteiger partial charge in [0, 0.05) is 17.3 Å². The van der Waals surface area contributed by atoms with E-state index in [0.29, 0.717) is 40.7 Å². The molecule has 37 heavy (non-hydrogen) atoms. The minimum Gasteiger partial charge on any atom is -0.507 e. The van der Waals surface area contributed by atoms with Gasteiger partial charge in [-0.05, 0) is 81.3 Å². The topological polar surface area (TPSA) is 85.3 Å². The number of nitrogens with zero attached hydrogens (tertiary/aromatic N) is 1. The van der Waals surface area contributed by atoms with Crippen LogP contribution in [0, 0.1) is 6.92 Å². The van der Waals surface area contributed by atoms with Crippen molar-refractivity contribution in [1.29, 1.82) is 0 Å². The Morgan fingerprint density at radius 2 is 1.73 bits per heavy atom. The summed E-state index contributed by atoms with van der Waals surface area (Å²) in [6, 6.07) is 18.5. The van der Waals surface area contributed by atoms with Gasteiger partial charge in [-0.2, -0.15) is 0 Å². The first-order chi connectivity index (χ1) is 17.7. The summed E-state index contributed by atoms with van der Waals surface area (Å²) in [5, 5.41) is 11.4. The molecule has 1 aliphatic heterocycles. The molecular weight excluding hydrogens is 470 g/mol. The van der Waals surface area contributed by atoms with Crippen molar-refractivity contribution in [3.63, 3.8) is 0 Å². The summed E-state index contributed by atoms with van der Waals surface area (Å²) < 4.78 is 16.8. The third kappa shape index (κ3) is 5.16. The van der Waals surface area contributed by atoms with Crippen molar-refractivity contribution in [2.24, 2.45) is 0 Å². The number of anilines is 1. The minimum atomic E-state index is -0.880. The maximum Gasteiger partial charge on any atom is 0.300 e. The average Bonchev–Trinajstić information content (AvgIpc) is 3.14. The molecule has 3 aromatic carbocycles. The van der Waals surface area contributed by atoms with E-state index < -0.39 is 17.7 Å². The van der Waals surface area contributed by atoms with Crippen molar-refractivity contribution in [2.45, 2.75) is 39.8 Å². The fourth-order valence-electron chi connectivity index (χ4n) is 4.52. The van der Waals surface area contributed by atoms with Gasteiger partial charge in [0.2, 0.25) is 0 Å². The molecule has 7 heteroatoms. The van der Waals surface area contributed by atoms with Crippen molar-refractivity contribution in [2.75, 3.05) is 18.6 Å². The van der Waals surface area contributed by atoms with Gasteiger partial charge in [-0.25, -0.2) is 0 Å². The van der Waals surface area contributed by atoms with E-state index in [1.165, 1.54) is 4.90 Å². The highest BCUT2D eigenvalue weighted by Gasteiger charge is 2.47. The van der Waals surface area contributed by atoms with Crippen molar-refractivity contribution in [1.82, 2.24) is 0 Å². The molecule has 4 rings (SSSR count). The maximum atomic E-state index is 13.5. The zero-order valence-electron chi connectivity index (χ0n) is 21.6. The zero-order chi connectivity index (χ0) is 26.7. The zero-order valence-corrected chi connectivity index (χ0v) is 21.6. The van der Waals surface area contributed by atoms with E-state index in [4.69, 9.17) is 14.2 Å². The first kappa shape index (κ1) is 25.8. The molecule has 0 spiro atoms. The van der Waals surface area contributed by atoms with Gasteiger partial charge in [0.05, 0.1) is 31.4 Å². The van der Waals surface area contributed by atoms with E-state index in [2.05, 4.69) is 0 Å². The van der Waals surface area contributed by atoms with Gasteiger partial charge >= 0.3 is 0 Å². The Hall–Kier alpha value is -4.26. The van der Waals surface area contributed by atoms with Crippen LogP contribution in [0.5, 0.6) is 17.2 Å². The number of aliphatic hydroxyl groups excluding tert-OH is 1. The molecule has 0 aromatic heterocycles. The first-order valence-electron chi connectivity index (χ1n) is 12.2. The third-order valence-corrected chi connectivity index (χ3v) is 6.07.